The summed E-state index contributed by atoms with van der Waals surface area (Å²) in [4.78, 5) is 0. The fraction of sp³-hybridized carbons (Fsp3) is 0.286. The van der Waals surface area contributed by atoms with Gasteiger partial charge >= 0.3 is 0 Å². The summed E-state index contributed by atoms with van der Waals surface area (Å²) in [6.07, 6.45) is 0. The highest BCUT2D eigenvalue weighted by molar-refractivity contribution is 5.88. The van der Waals surface area contributed by atoms with E-state index in [1.54, 1.807) is 7.11 Å². The molecule has 3 N–H and O–H groups in total. The van der Waals surface area contributed by atoms with Gasteiger partial charge in [0.25, 0.3) is 0 Å². The van der Waals surface area contributed by atoms with E-state index in [1.165, 1.54) is 0 Å². The Labute approximate surface area is 113 Å². The van der Waals surface area contributed by atoms with Crippen LogP contribution < -0.4 is 10.5 Å². The van der Waals surface area contributed by atoms with Crippen molar-refractivity contribution in [2.24, 2.45) is 5.73 Å². The number of rotatable bonds is 3. The molecule has 0 saturated carbocycles. The SMILES string of the molecule is COc1ccc2c(C(C)N)c(CO)ccc2c1.Cl. The Kier molecular flexibility index (Phi) is 4.96. The Morgan fingerprint density at radius 2 is 2.00 bits per heavy atom. The molecule has 0 aliphatic rings. The lowest BCUT2D eigenvalue weighted by atomic mass is 9.95. The second kappa shape index (κ2) is 6.05. The molecule has 0 radical (unpaired) electrons. The maximum absolute atomic E-state index is 9.35. The molecule has 2 rings (SSSR count). The van der Waals surface area contributed by atoms with Crippen molar-refractivity contribution < 1.29 is 9.84 Å². The van der Waals surface area contributed by atoms with Crippen molar-refractivity contribution in [1.29, 1.82) is 0 Å². The van der Waals surface area contributed by atoms with Crippen LogP contribution in [-0.2, 0) is 6.61 Å². The van der Waals surface area contributed by atoms with E-state index in [0.29, 0.717) is 0 Å². The van der Waals surface area contributed by atoms with Crippen molar-refractivity contribution in [1.82, 2.24) is 0 Å². The summed E-state index contributed by atoms with van der Waals surface area (Å²) in [5.74, 6) is 0.824. The first-order valence-electron chi connectivity index (χ1n) is 5.63. The number of nitrogens with two attached hydrogens (primary N) is 1. The van der Waals surface area contributed by atoms with Gasteiger partial charge < -0.3 is 15.6 Å². The van der Waals surface area contributed by atoms with Crippen LogP contribution in [0.1, 0.15) is 24.1 Å². The molecule has 0 aliphatic heterocycles. The maximum atomic E-state index is 9.35. The van der Waals surface area contributed by atoms with Crippen LogP contribution in [0.3, 0.4) is 0 Å². The Morgan fingerprint density at radius 3 is 2.56 bits per heavy atom. The van der Waals surface area contributed by atoms with Gasteiger partial charge in [-0.2, -0.15) is 0 Å². The summed E-state index contributed by atoms with van der Waals surface area (Å²) in [5.41, 5.74) is 7.88. The van der Waals surface area contributed by atoms with E-state index < -0.39 is 0 Å². The van der Waals surface area contributed by atoms with Crippen LogP contribution >= 0.6 is 12.4 Å². The molecular weight excluding hydrogens is 250 g/mol. The molecule has 18 heavy (non-hydrogen) atoms. The lowest BCUT2D eigenvalue weighted by Crippen LogP contribution is -2.09. The Bertz CT molecular complexity index is 541. The van der Waals surface area contributed by atoms with Gasteiger partial charge in [-0.1, -0.05) is 18.2 Å². The largest absolute Gasteiger partial charge is 0.497 e. The molecule has 0 aromatic heterocycles. The van der Waals surface area contributed by atoms with Gasteiger partial charge in [-0.15, -0.1) is 12.4 Å². The highest BCUT2D eigenvalue weighted by Gasteiger charge is 2.11. The van der Waals surface area contributed by atoms with Crippen molar-refractivity contribution >= 4 is 23.2 Å². The summed E-state index contributed by atoms with van der Waals surface area (Å²) in [6.45, 7) is 1.94. The molecule has 2 aromatic rings. The zero-order valence-corrected chi connectivity index (χ0v) is 11.3. The molecule has 0 saturated heterocycles. The monoisotopic (exact) mass is 267 g/mol. The molecule has 2 aromatic carbocycles. The number of halogens is 1. The number of ether oxygens (including phenoxy) is 1. The molecule has 0 aliphatic carbocycles. The smallest absolute Gasteiger partial charge is 0.119 e. The lowest BCUT2D eigenvalue weighted by molar-refractivity contribution is 0.280. The van der Waals surface area contributed by atoms with Crippen LogP contribution in [0.5, 0.6) is 5.75 Å². The average Bonchev–Trinajstić information content (AvgIpc) is 2.36. The first-order valence-corrected chi connectivity index (χ1v) is 5.63. The normalized spacial score (nSPS) is 12.0. The van der Waals surface area contributed by atoms with Crippen LogP contribution in [0.15, 0.2) is 30.3 Å². The molecule has 0 amide bonds. The summed E-state index contributed by atoms with van der Waals surface area (Å²) < 4.78 is 5.20. The van der Waals surface area contributed by atoms with Gasteiger partial charge in [0.05, 0.1) is 13.7 Å². The predicted octanol–water partition coefficient (Wildman–Crippen LogP) is 2.78. The third kappa shape index (κ3) is 2.58. The van der Waals surface area contributed by atoms with E-state index in [4.69, 9.17) is 10.5 Å². The van der Waals surface area contributed by atoms with Gasteiger partial charge in [0.2, 0.25) is 0 Å². The standard InChI is InChI=1S/C14H17NO2.ClH/c1-9(15)14-11(8-16)4-3-10-7-12(17-2)5-6-13(10)14;/h3-7,9,16H,8,15H2,1-2H3;1H. The minimum atomic E-state index is -0.103. The van der Waals surface area contributed by atoms with Crippen LogP contribution in [0.2, 0.25) is 0 Å². The van der Waals surface area contributed by atoms with E-state index in [0.717, 1.165) is 27.6 Å². The van der Waals surface area contributed by atoms with Crippen LogP contribution in [-0.4, -0.2) is 12.2 Å². The van der Waals surface area contributed by atoms with E-state index in [9.17, 15) is 5.11 Å². The van der Waals surface area contributed by atoms with Crippen molar-refractivity contribution in [3.05, 3.63) is 41.5 Å². The van der Waals surface area contributed by atoms with Crippen molar-refractivity contribution in [3.8, 4) is 5.75 Å². The van der Waals surface area contributed by atoms with Gasteiger partial charge in [0.1, 0.15) is 5.75 Å². The minimum Gasteiger partial charge on any atom is -0.497 e. The van der Waals surface area contributed by atoms with Gasteiger partial charge in [-0.05, 0) is 41.0 Å². The second-order valence-corrected chi connectivity index (χ2v) is 4.17. The van der Waals surface area contributed by atoms with Gasteiger partial charge in [-0.3, -0.25) is 0 Å². The zero-order valence-electron chi connectivity index (χ0n) is 10.5. The molecule has 0 heterocycles. The summed E-state index contributed by atoms with van der Waals surface area (Å²) in [5, 5.41) is 11.5. The molecule has 1 unspecified atom stereocenters. The van der Waals surface area contributed by atoms with Gasteiger partial charge in [0, 0.05) is 6.04 Å². The average molecular weight is 268 g/mol. The summed E-state index contributed by atoms with van der Waals surface area (Å²) in [7, 11) is 1.65. The van der Waals surface area contributed by atoms with E-state index in [-0.39, 0.29) is 25.1 Å². The minimum absolute atomic E-state index is 0. The Balaban J connectivity index is 0.00000162. The number of methoxy groups -OCH3 is 1. The van der Waals surface area contributed by atoms with Gasteiger partial charge in [0.15, 0.2) is 0 Å². The fourth-order valence-corrected chi connectivity index (χ4v) is 2.18. The molecule has 0 spiro atoms. The lowest BCUT2D eigenvalue weighted by Gasteiger charge is -2.15. The van der Waals surface area contributed by atoms with Crippen LogP contribution in [0.25, 0.3) is 10.8 Å². The number of fused-ring (bicyclic) bond motifs is 1. The maximum Gasteiger partial charge on any atom is 0.119 e. The van der Waals surface area contributed by atoms with Gasteiger partial charge in [-0.25, -0.2) is 0 Å². The third-order valence-corrected chi connectivity index (χ3v) is 2.98. The molecule has 0 bridgehead atoms. The highest BCUT2D eigenvalue weighted by Crippen LogP contribution is 2.29. The number of aliphatic hydroxyl groups is 1. The number of hydrogen-bond donors (Lipinski definition) is 2. The molecule has 4 heteroatoms. The second-order valence-electron chi connectivity index (χ2n) is 4.17. The Hall–Kier alpha value is -1.29. The molecule has 98 valence electrons. The quantitative estimate of drug-likeness (QED) is 0.899. The predicted molar refractivity (Wildman–Crippen MR) is 76.3 cm³/mol. The van der Waals surface area contributed by atoms with Crippen LogP contribution in [0, 0.1) is 0 Å². The zero-order chi connectivity index (χ0) is 12.4. The number of benzene rings is 2. The van der Waals surface area contributed by atoms with E-state index >= 15 is 0 Å². The summed E-state index contributed by atoms with van der Waals surface area (Å²) >= 11 is 0. The van der Waals surface area contributed by atoms with E-state index in [2.05, 4.69) is 0 Å². The molecule has 3 nitrogen and oxygen atoms in total. The third-order valence-electron chi connectivity index (χ3n) is 2.98. The number of hydrogen-bond acceptors (Lipinski definition) is 3. The Morgan fingerprint density at radius 1 is 1.28 bits per heavy atom. The van der Waals surface area contributed by atoms with Crippen molar-refractivity contribution in [3.63, 3.8) is 0 Å². The number of aliphatic hydroxyl groups excluding tert-OH is 1. The van der Waals surface area contributed by atoms with Crippen molar-refractivity contribution in [2.75, 3.05) is 7.11 Å². The molecular formula is C14H18ClNO2. The van der Waals surface area contributed by atoms with E-state index in [1.807, 2.05) is 37.3 Å². The topological polar surface area (TPSA) is 55.5 Å². The van der Waals surface area contributed by atoms with Crippen molar-refractivity contribution in [2.45, 2.75) is 19.6 Å². The molecule has 0 fully saturated rings. The fourth-order valence-electron chi connectivity index (χ4n) is 2.18. The molecule has 1 atom stereocenters. The highest BCUT2D eigenvalue weighted by atomic mass is 35.5. The first-order chi connectivity index (χ1) is 8.17. The first kappa shape index (κ1) is 14.8. The van der Waals surface area contributed by atoms with Crippen LogP contribution in [0.4, 0.5) is 0 Å². The summed E-state index contributed by atoms with van der Waals surface area (Å²) in [6, 6.07) is 9.67.